The Labute approximate surface area is 137 Å². The van der Waals surface area contributed by atoms with Gasteiger partial charge in [-0.1, -0.05) is 29.1 Å². The van der Waals surface area contributed by atoms with Gasteiger partial charge in [-0.25, -0.2) is 4.98 Å². The fraction of sp³-hybridized carbons (Fsp3) is 0.312. The first kappa shape index (κ1) is 15.8. The van der Waals surface area contributed by atoms with Crippen LogP contribution in [0.5, 0.6) is 0 Å². The summed E-state index contributed by atoms with van der Waals surface area (Å²) in [5.41, 5.74) is 1.41. The zero-order chi connectivity index (χ0) is 16.2. The predicted octanol–water partition coefficient (Wildman–Crippen LogP) is 2.37. The van der Waals surface area contributed by atoms with Gasteiger partial charge >= 0.3 is 0 Å². The molecule has 0 bridgehead atoms. The Morgan fingerprint density at radius 2 is 2.17 bits per heavy atom. The first-order chi connectivity index (χ1) is 11.2. The minimum Gasteiger partial charge on any atom is -0.396 e. The van der Waals surface area contributed by atoms with Crippen LogP contribution in [0.25, 0.3) is 10.9 Å². The Morgan fingerprint density at radius 1 is 1.35 bits per heavy atom. The second-order valence-electron chi connectivity index (χ2n) is 5.16. The molecule has 0 aliphatic heterocycles. The van der Waals surface area contributed by atoms with Crippen molar-refractivity contribution in [3.05, 3.63) is 52.1 Å². The van der Waals surface area contributed by atoms with Crippen molar-refractivity contribution in [2.45, 2.75) is 30.8 Å². The molecule has 0 aliphatic rings. The standard InChI is InChI=1S/C16H17N3O3S/c1-11-9-12(18-22-11)10-23-16-17-14-6-3-2-5-13(14)15(21)19(16)7-4-8-20/h2-3,5-6,9,20H,4,7-8,10H2,1H3. The van der Waals surface area contributed by atoms with Crippen molar-refractivity contribution in [2.24, 2.45) is 0 Å². The average Bonchev–Trinajstić information content (AvgIpc) is 2.98. The van der Waals surface area contributed by atoms with Crippen LogP contribution in [-0.2, 0) is 12.3 Å². The van der Waals surface area contributed by atoms with Gasteiger partial charge in [0.25, 0.3) is 5.56 Å². The van der Waals surface area contributed by atoms with Crippen LogP contribution in [0, 0.1) is 6.92 Å². The van der Waals surface area contributed by atoms with Crippen LogP contribution in [0.3, 0.4) is 0 Å². The maximum atomic E-state index is 12.7. The molecule has 3 rings (SSSR count). The number of rotatable bonds is 6. The van der Waals surface area contributed by atoms with E-state index in [1.54, 1.807) is 10.6 Å². The fourth-order valence-corrected chi connectivity index (χ4v) is 3.21. The summed E-state index contributed by atoms with van der Waals surface area (Å²) in [6.07, 6.45) is 0.510. The maximum Gasteiger partial charge on any atom is 0.262 e. The number of aromatic nitrogens is 3. The minimum atomic E-state index is -0.0807. The van der Waals surface area contributed by atoms with Crippen molar-refractivity contribution < 1.29 is 9.63 Å². The Hall–Kier alpha value is -2.12. The molecule has 0 spiro atoms. The highest BCUT2D eigenvalue weighted by Gasteiger charge is 2.12. The first-order valence-electron chi connectivity index (χ1n) is 7.34. The topological polar surface area (TPSA) is 81.2 Å². The summed E-state index contributed by atoms with van der Waals surface area (Å²) in [6, 6.07) is 9.16. The molecular formula is C16H17N3O3S. The van der Waals surface area contributed by atoms with Crippen LogP contribution in [0.1, 0.15) is 17.9 Å². The molecule has 0 amide bonds. The molecule has 0 unspecified atom stereocenters. The minimum absolute atomic E-state index is 0.0336. The molecule has 0 saturated carbocycles. The van der Waals surface area contributed by atoms with Crippen LogP contribution in [0.2, 0.25) is 0 Å². The summed E-state index contributed by atoms with van der Waals surface area (Å²) in [7, 11) is 0. The van der Waals surface area contributed by atoms with E-state index < -0.39 is 0 Å². The Kier molecular flexibility index (Phi) is 4.78. The zero-order valence-electron chi connectivity index (χ0n) is 12.7. The van der Waals surface area contributed by atoms with Crippen molar-refractivity contribution in [1.82, 2.24) is 14.7 Å². The summed E-state index contributed by atoms with van der Waals surface area (Å²) >= 11 is 1.44. The molecule has 2 aromatic heterocycles. The molecule has 6 nitrogen and oxygen atoms in total. The third-order valence-electron chi connectivity index (χ3n) is 3.39. The normalized spacial score (nSPS) is 11.2. The van der Waals surface area contributed by atoms with Crippen LogP contribution < -0.4 is 5.56 Å². The summed E-state index contributed by atoms with van der Waals surface area (Å²) in [4.78, 5) is 17.3. The number of hydrogen-bond donors (Lipinski definition) is 1. The Morgan fingerprint density at radius 3 is 2.91 bits per heavy atom. The van der Waals surface area contributed by atoms with E-state index in [1.807, 2.05) is 31.2 Å². The van der Waals surface area contributed by atoms with E-state index in [9.17, 15) is 4.79 Å². The molecule has 0 atom stereocenters. The summed E-state index contributed by atoms with van der Waals surface area (Å²) in [5.74, 6) is 1.33. The third-order valence-corrected chi connectivity index (χ3v) is 4.40. The van der Waals surface area contributed by atoms with E-state index in [1.165, 1.54) is 11.8 Å². The molecule has 0 radical (unpaired) electrons. The number of aliphatic hydroxyl groups is 1. The van der Waals surface area contributed by atoms with E-state index in [2.05, 4.69) is 10.1 Å². The quantitative estimate of drug-likeness (QED) is 0.552. The lowest BCUT2D eigenvalue weighted by Gasteiger charge is -2.12. The zero-order valence-corrected chi connectivity index (χ0v) is 13.5. The van der Waals surface area contributed by atoms with Crippen molar-refractivity contribution in [1.29, 1.82) is 0 Å². The predicted molar refractivity (Wildman–Crippen MR) is 88.5 cm³/mol. The lowest BCUT2D eigenvalue weighted by atomic mass is 10.2. The number of fused-ring (bicyclic) bond motifs is 1. The number of aliphatic hydroxyl groups excluding tert-OH is 1. The number of thioether (sulfide) groups is 1. The van der Waals surface area contributed by atoms with Gasteiger partial charge < -0.3 is 9.63 Å². The van der Waals surface area contributed by atoms with Gasteiger partial charge in [-0.2, -0.15) is 0 Å². The van der Waals surface area contributed by atoms with E-state index in [0.29, 0.717) is 34.8 Å². The molecule has 0 fully saturated rings. The smallest absolute Gasteiger partial charge is 0.262 e. The third kappa shape index (κ3) is 3.46. The van der Waals surface area contributed by atoms with Gasteiger partial charge in [-0.15, -0.1) is 0 Å². The lowest BCUT2D eigenvalue weighted by Crippen LogP contribution is -2.24. The van der Waals surface area contributed by atoms with Crippen LogP contribution in [0.4, 0.5) is 0 Å². The lowest BCUT2D eigenvalue weighted by molar-refractivity contribution is 0.276. The van der Waals surface area contributed by atoms with E-state index in [-0.39, 0.29) is 12.2 Å². The summed E-state index contributed by atoms with van der Waals surface area (Å²) < 4.78 is 6.68. The van der Waals surface area contributed by atoms with Crippen LogP contribution in [0.15, 0.2) is 44.8 Å². The number of benzene rings is 1. The Bertz CT molecular complexity index is 872. The molecule has 7 heteroatoms. The molecule has 120 valence electrons. The largest absolute Gasteiger partial charge is 0.396 e. The van der Waals surface area contributed by atoms with E-state index in [4.69, 9.17) is 9.63 Å². The molecular weight excluding hydrogens is 314 g/mol. The van der Waals surface area contributed by atoms with E-state index in [0.717, 1.165) is 11.5 Å². The second kappa shape index (κ2) is 6.97. The van der Waals surface area contributed by atoms with E-state index >= 15 is 0 Å². The van der Waals surface area contributed by atoms with Crippen molar-refractivity contribution >= 4 is 22.7 Å². The highest BCUT2D eigenvalue weighted by molar-refractivity contribution is 7.98. The number of para-hydroxylation sites is 1. The van der Waals surface area contributed by atoms with Gasteiger partial charge in [-0.3, -0.25) is 9.36 Å². The Balaban J connectivity index is 1.97. The summed E-state index contributed by atoms with van der Waals surface area (Å²) in [6.45, 7) is 2.31. The van der Waals surface area contributed by atoms with Crippen molar-refractivity contribution in [2.75, 3.05) is 6.61 Å². The molecule has 1 aromatic carbocycles. The van der Waals surface area contributed by atoms with Gasteiger partial charge in [0.05, 0.1) is 16.6 Å². The number of aryl methyl sites for hydroxylation is 1. The molecule has 1 N–H and O–H groups in total. The molecule has 23 heavy (non-hydrogen) atoms. The number of hydrogen-bond acceptors (Lipinski definition) is 6. The van der Waals surface area contributed by atoms with Gasteiger partial charge in [0.15, 0.2) is 5.16 Å². The highest BCUT2D eigenvalue weighted by Crippen LogP contribution is 2.22. The molecule has 0 aliphatic carbocycles. The van der Waals surface area contributed by atoms with Gasteiger partial charge in [0, 0.05) is 25.0 Å². The SMILES string of the molecule is Cc1cc(CSc2nc3ccccc3c(=O)n2CCCO)no1. The second-order valence-corrected chi connectivity index (χ2v) is 6.11. The van der Waals surface area contributed by atoms with Crippen molar-refractivity contribution in [3.8, 4) is 0 Å². The van der Waals surface area contributed by atoms with Crippen LogP contribution >= 0.6 is 11.8 Å². The summed E-state index contributed by atoms with van der Waals surface area (Å²) in [5, 5.41) is 14.2. The number of nitrogens with zero attached hydrogens (tertiary/aromatic N) is 3. The first-order valence-corrected chi connectivity index (χ1v) is 8.33. The van der Waals surface area contributed by atoms with Gasteiger partial charge in [-0.05, 0) is 25.5 Å². The monoisotopic (exact) mass is 331 g/mol. The van der Waals surface area contributed by atoms with Crippen molar-refractivity contribution in [3.63, 3.8) is 0 Å². The fourth-order valence-electron chi connectivity index (χ4n) is 2.31. The molecule has 3 aromatic rings. The van der Waals surface area contributed by atoms with Gasteiger partial charge in [0.2, 0.25) is 0 Å². The van der Waals surface area contributed by atoms with Crippen LogP contribution in [-0.4, -0.2) is 26.4 Å². The van der Waals surface area contributed by atoms with Gasteiger partial charge in [0.1, 0.15) is 5.76 Å². The molecule has 0 saturated heterocycles. The highest BCUT2D eigenvalue weighted by atomic mass is 32.2. The molecule has 2 heterocycles. The average molecular weight is 331 g/mol. The maximum absolute atomic E-state index is 12.7.